The largest absolute Gasteiger partial charge is 0.417 e. The number of para-hydroxylation sites is 2. The molecule has 8 aromatic carbocycles. The van der Waals surface area contributed by atoms with Gasteiger partial charge in [-0.25, -0.2) is 0 Å². The van der Waals surface area contributed by atoms with Crippen LogP contribution in [-0.4, -0.2) is 9.13 Å². The molecule has 0 atom stereocenters. The lowest BCUT2D eigenvalue weighted by Gasteiger charge is -2.21. The van der Waals surface area contributed by atoms with E-state index in [2.05, 4.69) is 6.07 Å². The number of aromatic nitrogens is 2. The van der Waals surface area contributed by atoms with Crippen LogP contribution in [0.5, 0.6) is 0 Å². The third-order valence-electron chi connectivity index (χ3n) is 12.7. The van der Waals surface area contributed by atoms with Crippen LogP contribution in [0.4, 0.5) is 52.7 Å². The van der Waals surface area contributed by atoms with Crippen LogP contribution in [0, 0.1) is 25.2 Å². The van der Waals surface area contributed by atoms with Crippen molar-refractivity contribution in [3.05, 3.63) is 191 Å². The second-order valence-corrected chi connectivity index (χ2v) is 17.0. The molecule has 10 rings (SSSR count). The first-order valence-electron chi connectivity index (χ1n) is 21.3. The Kier molecular flexibility index (Phi) is 10.5. The molecule has 2 aromatic heterocycles. The number of benzene rings is 8. The third-order valence-corrected chi connectivity index (χ3v) is 12.7. The Morgan fingerprint density at radius 1 is 0.386 bits per heavy atom. The molecule has 2 heterocycles. The molecule has 0 amide bonds. The molecule has 0 N–H and O–H groups in total. The van der Waals surface area contributed by atoms with Gasteiger partial charge < -0.3 is 9.13 Å². The topological polar surface area (TPSA) is 33.6 Å². The minimum absolute atomic E-state index is 0.0281. The van der Waals surface area contributed by atoms with Gasteiger partial charge in [-0.15, -0.1) is 0 Å². The van der Waals surface area contributed by atoms with Crippen molar-refractivity contribution < 1.29 is 52.7 Å². The highest BCUT2D eigenvalue weighted by molar-refractivity contribution is 6.12. The molecule has 0 aliphatic carbocycles. The van der Waals surface area contributed by atoms with E-state index in [1.165, 1.54) is 34.9 Å². The smallest absolute Gasteiger partial charge is 0.308 e. The molecule has 70 heavy (non-hydrogen) atoms. The summed E-state index contributed by atoms with van der Waals surface area (Å²) in [5.41, 5.74) is -2.37. The fourth-order valence-electron chi connectivity index (χ4n) is 9.59. The van der Waals surface area contributed by atoms with Crippen molar-refractivity contribution in [2.75, 3.05) is 0 Å². The molecule has 0 unspecified atom stereocenters. The lowest BCUT2D eigenvalue weighted by molar-refractivity contribution is -0.144. The maximum atomic E-state index is 15.1. The van der Waals surface area contributed by atoms with Crippen LogP contribution in [0.3, 0.4) is 0 Å². The van der Waals surface area contributed by atoms with E-state index in [0.717, 1.165) is 34.4 Å². The molecule has 0 aliphatic heterocycles. The van der Waals surface area contributed by atoms with Crippen LogP contribution >= 0.6 is 0 Å². The molecule has 0 aliphatic rings. The molecule has 10 aromatic rings. The molecular weight excluding hydrogens is 931 g/mol. The Morgan fingerprint density at radius 2 is 0.800 bits per heavy atom. The van der Waals surface area contributed by atoms with Crippen molar-refractivity contribution in [3.63, 3.8) is 0 Å². The van der Waals surface area contributed by atoms with Crippen LogP contribution in [0.2, 0.25) is 0 Å². The van der Waals surface area contributed by atoms with E-state index in [0.29, 0.717) is 44.8 Å². The van der Waals surface area contributed by atoms with Gasteiger partial charge in [0.1, 0.15) is 11.6 Å². The number of rotatable bonds is 5. The van der Waals surface area contributed by atoms with Gasteiger partial charge in [-0.2, -0.15) is 57.9 Å². The van der Waals surface area contributed by atoms with Crippen molar-refractivity contribution in [1.82, 2.24) is 9.13 Å². The Bertz CT molecular complexity index is 3820. The summed E-state index contributed by atoms with van der Waals surface area (Å²) in [4.78, 5) is 0. The Balaban J connectivity index is 1.30. The summed E-state index contributed by atoms with van der Waals surface area (Å²) >= 11 is 0. The van der Waals surface area contributed by atoms with Gasteiger partial charge in [0, 0.05) is 21.5 Å². The number of hydrogen-bond donors (Lipinski definition) is 0. The molecule has 3 nitrogen and oxygen atoms in total. The van der Waals surface area contributed by atoms with Crippen LogP contribution < -0.4 is 0 Å². The van der Waals surface area contributed by atoms with E-state index in [9.17, 15) is 44.8 Å². The number of alkyl halides is 12. The van der Waals surface area contributed by atoms with Crippen molar-refractivity contribution in [2.45, 2.75) is 38.6 Å². The van der Waals surface area contributed by atoms with E-state index >= 15 is 13.2 Å². The zero-order valence-corrected chi connectivity index (χ0v) is 36.3. The maximum Gasteiger partial charge on any atom is 0.417 e. The summed E-state index contributed by atoms with van der Waals surface area (Å²) < 4.78 is 175. The molecule has 15 heteroatoms. The second kappa shape index (κ2) is 16.0. The predicted molar refractivity (Wildman–Crippen MR) is 246 cm³/mol. The SMILES string of the molecule is Cc1ccc(-c2ccc3c(c2)c2ccccc2n3-c2cc(-c3ccc(C(F)(F)F)cc3C(F)(F)F)cc(-n3c4ccccc4c4cc(-c5ccc(C(F)(F)F)cc5C(F)(F)F)ccc43)c2C#N)c(C)c1. The van der Waals surface area contributed by atoms with Crippen LogP contribution in [0.1, 0.15) is 38.9 Å². The Morgan fingerprint density at radius 3 is 1.23 bits per heavy atom. The standard InChI is InChI=1S/C55H31F12N3/c1-29-11-16-36(30(2)21-29)31-12-19-48-41(22-31)39-7-3-5-9-46(39)69(48)50-24-33(38-18-15-35(53(59,60)61)27-45(38)55(65,66)67)25-51(43(50)28-68)70-47-10-6-4-8-40(47)42-23-32(13-20-49(42)70)37-17-14-34(52(56,57)58)26-44(37)54(62,63)64/h3-27H,1-2H3. The predicted octanol–water partition coefficient (Wildman–Crippen LogP) is 17.4. The van der Waals surface area contributed by atoms with Gasteiger partial charge in [0.15, 0.2) is 0 Å². The zero-order chi connectivity index (χ0) is 49.8. The van der Waals surface area contributed by atoms with E-state index in [-0.39, 0.29) is 51.1 Å². The summed E-state index contributed by atoms with van der Waals surface area (Å²) in [6, 6.07) is 36.7. The van der Waals surface area contributed by atoms with Gasteiger partial charge >= 0.3 is 24.7 Å². The molecule has 0 radical (unpaired) electrons. The number of nitriles is 1. The van der Waals surface area contributed by atoms with Crippen LogP contribution in [0.25, 0.3) is 88.4 Å². The highest BCUT2D eigenvalue weighted by Gasteiger charge is 2.40. The zero-order valence-electron chi connectivity index (χ0n) is 36.3. The average Bonchev–Trinajstić information content (AvgIpc) is 3.81. The first-order chi connectivity index (χ1) is 33.0. The van der Waals surface area contributed by atoms with Gasteiger partial charge in [0.25, 0.3) is 0 Å². The van der Waals surface area contributed by atoms with E-state index in [1.54, 1.807) is 47.0 Å². The van der Waals surface area contributed by atoms with Gasteiger partial charge in [0.2, 0.25) is 0 Å². The van der Waals surface area contributed by atoms with Gasteiger partial charge in [-0.1, -0.05) is 84.4 Å². The Hall–Kier alpha value is -7.99. The summed E-state index contributed by atoms with van der Waals surface area (Å²) in [6.07, 6.45) is -20.7. The number of aryl methyl sites for hydroxylation is 2. The fourth-order valence-corrected chi connectivity index (χ4v) is 9.59. The van der Waals surface area contributed by atoms with Crippen LogP contribution in [0.15, 0.2) is 152 Å². The summed E-state index contributed by atoms with van der Waals surface area (Å²) in [5, 5.41) is 13.4. The lowest BCUT2D eigenvalue weighted by Crippen LogP contribution is -2.12. The number of hydrogen-bond acceptors (Lipinski definition) is 1. The van der Waals surface area contributed by atoms with Gasteiger partial charge in [-0.3, -0.25) is 0 Å². The summed E-state index contributed by atoms with van der Waals surface area (Å²) in [7, 11) is 0. The van der Waals surface area contributed by atoms with E-state index < -0.39 is 58.1 Å². The quantitative estimate of drug-likeness (QED) is 0.158. The van der Waals surface area contributed by atoms with Crippen molar-refractivity contribution >= 4 is 43.6 Å². The highest BCUT2D eigenvalue weighted by atomic mass is 19.4. The molecule has 0 saturated heterocycles. The van der Waals surface area contributed by atoms with E-state index in [4.69, 9.17) is 0 Å². The first kappa shape index (κ1) is 45.8. The maximum absolute atomic E-state index is 15.1. The molecule has 0 saturated carbocycles. The second-order valence-electron chi connectivity index (χ2n) is 17.0. The fraction of sp³-hybridized carbons (Fsp3) is 0.109. The third kappa shape index (κ3) is 7.67. The van der Waals surface area contributed by atoms with Gasteiger partial charge in [0.05, 0.1) is 55.7 Å². The van der Waals surface area contributed by atoms with Crippen molar-refractivity contribution in [1.29, 1.82) is 5.26 Å². The summed E-state index contributed by atoms with van der Waals surface area (Å²) in [6.45, 7) is 3.94. The first-order valence-corrected chi connectivity index (χ1v) is 21.3. The normalized spacial score (nSPS) is 12.7. The minimum atomic E-state index is -5.31. The van der Waals surface area contributed by atoms with Crippen molar-refractivity contribution in [3.8, 4) is 50.8 Å². The Labute approximate surface area is 389 Å². The van der Waals surface area contributed by atoms with Gasteiger partial charge in [-0.05, 0) is 126 Å². The molecule has 0 fully saturated rings. The molecule has 0 spiro atoms. The molecule has 350 valence electrons. The van der Waals surface area contributed by atoms with Crippen LogP contribution in [-0.2, 0) is 24.7 Å². The monoisotopic (exact) mass is 961 g/mol. The minimum Gasteiger partial charge on any atom is -0.308 e. The number of nitrogens with zero attached hydrogens (tertiary/aromatic N) is 3. The number of fused-ring (bicyclic) bond motifs is 6. The average molecular weight is 962 g/mol. The van der Waals surface area contributed by atoms with Crippen molar-refractivity contribution in [2.24, 2.45) is 0 Å². The lowest BCUT2D eigenvalue weighted by atomic mass is 9.94. The molecular formula is C55H31F12N3. The molecule has 0 bridgehead atoms. The highest BCUT2D eigenvalue weighted by Crippen LogP contribution is 2.47. The number of halogens is 12. The van der Waals surface area contributed by atoms with E-state index in [1.807, 2.05) is 56.3 Å². The summed E-state index contributed by atoms with van der Waals surface area (Å²) in [5.74, 6) is 0.